The summed E-state index contributed by atoms with van der Waals surface area (Å²) >= 11 is 0. The van der Waals surface area contributed by atoms with E-state index < -0.39 is 0 Å². The van der Waals surface area contributed by atoms with Crippen LogP contribution in [0.2, 0.25) is 0 Å². The Bertz CT molecular complexity index is 982. The zero-order valence-electron chi connectivity index (χ0n) is 16.9. The van der Waals surface area contributed by atoms with Crippen LogP contribution in [0.15, 0.2) is 64.4 Å². The molecule has 3 rings (SSSR count). The summed E-state index contributed by atoms with van der Waals surface area (Å²) in [7, 11) is 0. The second kappa shape index (κ2) is 8.74. The molecule has 2 aromatic heterocycles. The number of nitrogens with zero attached hydrogens (tertiary/aromatic N) is 3. The number of aliphatic imine (C=N–C) groups is 1. The summed E-state index contributed by atoms with van der Waals surface area (Å²) in [5, 5.41) is 2.91. The van der Waals surface area contributed by atoms with Gasteiger partial charge in [0.25, 0.3) is 5.91 Å². The van der Waals surface area contributed by atoms with Crippen molar-refractivity contribution in [2.24, 2.45) is 4.99 Å². The molecule has 0 fully saturated rings. The molecule has 1 N–H and O–H groups in total. The summed E-state index contributed by atoms with van der Waals surface area (Å²) in [6.45, 7) is 7.77. The maximum atomic E-state index is 12.9. The Morgan fingerprint density at radius 1 is 1.14 bits per heavy atom. The van der Waals surface area contributed by atoms with Crippen LogP contribution in [0.25, 0.3) is 0 Å². The van der Waals surface area contributed by atoms with Gasteiger partial charge in [0.2, 0.25) is 0 Å². The van der Waals surface area contributed by atoms with E-state index >= 15 is 0 Å². The lowest BCUT2D eigenvalue weighted by molar-refractivity contribution is -0.112. The van der Waals surface area contributed by atoms with Crippen LogP contribution in [0.3, 0.4) is 0 Å². The third-order valence-electron chi connectivity index (χ3n) is 4.65. The fourth-order valence-corrected chi connectivity index (χ4v) is 3.23. The summed E-state index contributed by atoms with van der Waals surface area (Å²) in [5.41, 5.74) is 6.39. The Morgan fingerprint density at radius 3 is 2.71 bits per heavy atom. The van der Waals surface area contributed by atoms with E-state index in [0.29, 0.717) is 11.4 Å². The van der Waals surface area contributed by atoms with Crippen molar-refractivity contribution in [1.82, 2.24) is 9.97 Å². The quantitative estimate of drug-likeness (QED) is 0.620. The topological polar surface area (TPSA) is 67.2 Å². The lowest BCUT2D eigenvalue weighted by Crippen LogP contribution is -2.19. The number of aryl methyl sites for hydroxylation is 2. The molecule has 0 aliphatic heterocycles. The number of allylic oxidation sites excluding steroid dienone is 2. The largest absolute Gasteiger partial charge is 0.307 e. The first-order valence-electron chi connectivity index (χ1n) is 9.56. The van der Waals surface area contributed by atoms with E-state index in [1.807, 2.05) is 52.1 Å². The standard InChI is InChI=1S/C23H26N4O/c1-15(2)14-25-22-19(11-6-9-18-10-7-13-24-21(18)22)17(4)23(28)27-20-12-5-8-16(3)26-20/h5,7-8,10,12-14H,6,9,11H2,1-4H3,(H,26,27,28)/b19-17+,25-22+. The SMILES string of the molecule is CC(C)=C/N=C1\C(=C(/C)C(=O)Nc2cccc(C)n2)CCCc2cccnc21. The third-order valence-corrected chi connectivity index (χ3v) is 4.65. The smallest absolute Gasteiger partial charge is 0.252 e. The van der Waals surface area contributed by atoms with Crippen LogP contribution in [0, 0.1) is 6.92 Å². The average molecular weight is 374 g/mol. The van der Waals surface area contributed by atoms with Gasteiger partial charge in [-0.2, -0.15) is 0 Å². The predicted molar refractivity (Wildman–Crippen MR) is 113 cm³/mol. The molecular formula is C23H26N4O. The molecule has 5 heteroatoms. The van der Waals surface area contributed by atoms with Crippen molar-refractivity contribution in [3.05, 3.63) is 76.4 Å². The van der Waals surface area contributed by atoms with E-state index in [9.17, 15) is 4.79 Å². The fourth-order valence-electron chi connectivity index (χ4n) is 3.23. The Balaban J connectivity index is 2.04. The first kappa shape index (κ1) is 19.7. The summed E-state index contributed by atoms with van der Waals surface area (Å²) in [5.74, 6) is 0.400. The number of carbonyl (C=O) groups excluding carboxylic acids is 1. The number of hydrogen-bond donors (Lipinski definition) is 1. The van der Waals surface area contributed by atoms with E-state index in [-0.39, 0.29) is 5.91 Å². The van der Waals surface area contributed by atoms with Crippen molar-refractivity contribution in [2.45, 2.75) is 47.0 Å². The van der Waals surface area contributed by atoms with Crippen molar-refractivity contribution in [2.75, 3.05) is 5.32 Å². The van der Waals surface area contributed by atoms with E-state index in [1.165, 1.54) is 5.56 Å². The number of fused-ring (bicyclic) bond motifs is 1. The number of pyridine rings is 2. The lowest BCUT2D eigenvalue weighted by Gasteiger charge is -2.13. The molecule has 0 saturated carbocycles. The molecule has 0 bridgehead atoms. The number of hydrogen-bond acceptors (Lipinski definition) is 4. The number of aromatic nitrogens is 2. The minimum absolute atomic E-state index is 0.155. The third kappa shape index (κ3) is 4.60. The van der Waals surface area contributed by atoms with E-state index in [4.69, 9.17) is 4.99 Å². The zero-order valence-corrected chi connectivity index (χ0v) is 16.9. The van der Waals surface area contributed by atoms with Gasteiger partial charge in [0.1, 0.15) is 5.82 Å². The highest BCUT2D eigenvalue weighted by Gasteiger charge is 2.23. The van der Waals surface area contributed by atoms with Crippen molar-refractivity contribution >= 4 is 17.4 Å². The molecule has 2 heterocycles. The van der Waals surface area contributed by atoms with Gasteiger partial charge in [0.15, 0.2) is 0 Å². The molecule has 1 aliphatic carbocycles. The fraction of sp³-hybridized carbons (Fsp3) is 0.304. The maximum Gasteiger partial charge on any atom is 0.252 e. The minimum Gasteiger partial charge on any atom is -0.307 e. The number of nitrogens with one attached hydrogen (secondary N) is 1. The van der Waals surface area contributed by atoms with Gasteiger partial charge < -0.3 is 5.32 Å². The molecule has 2 aromatic rings. The van der Waals surface area contributed by atoms with Gasteiger partial charge in [-0.3, -0.25) is 14.8 Å². The first-order valence-corrected chi connectivity index (χ1v) is 9.56. The Morgan fingerprint density at radius 2 is 1.96 bits per heavy atom. The Labute approximate surface area is 166 Å². The van der Waals surface area contributed by atoms with Crippen LogP contribution in [0.1, 0.15) is 50.6 Å². The highest BCUT2D eigenvalue weighted by molar-refractivity contribution is 6.18. The second-order valence-electron chi connectivity index (χ2n) is 7.27. The molecule has 144 valence electrons. The molecule has 1 amide bonds. The number of anilines is 1. The zero-order chi connectivity index (χ0) is 20.1. The minimum atomic E-state index is -0.155. The van der Waals surface area contributed by atoms with Gasteiger partial charge in [-0.1, -0.05) is 17.7 Å². The van der Waals surface area contributed by atoms with Gasteiger partial charge in [-0.15, -0.1) is 0 Å². The van der Waals surface area contributed by atoms with Crippen molar-refractivity contribution < 1.29 is 4.79 Å². The predicted octanol–water partition coefficient (Wildman–Crippen LogP) is 4.79. The van der Waals surface area contributed by atoms with E-state index in [1.54, 1.807) is 12.3 Å². The molecular weight excluding hydrogens is 348 g/mol. The Hall–Kier alpha value is -3.08. The summed E-state index contributed by atoms with van der Waals surface area (Å²) in [6.07, 6.45) is 6.29. The first-order chi connectivity index (χ1) is 13.5. The van der Waals surface area contributed by atoms with Crippen LogP contribution < -0.4 is 5.32 Å². The van der Waals surface area contributed by atoms with E-state index in [0.717, 1.165) is 47.5 Å². The van der Waals surface area contributed by atoms with Crippen LogP contribution in [-0.4, -0.2) is 21.6 Å². The summed E-state index contributed by atoms with van der Waals surface area (Å²) in [4.78, 5) is 26.6. The van der Waals surface area contributed by atoms with Crippen LogP contribution in [-0.2, 0) is 11.2 Å². The highest BCUT2D eigenvalue weighted by Crippen LogP contribution is 2.26. The van der Waals surface area contributed by atoms with Crippen LogP contribution >= 0.6 is 0 Å². The van der Waals surface area contributed by atoms with Crippen LogP contribution in [0.4, 0.5) is 5.82 Å². The average Bonchev–Trinajstić information content (AvgIpc) is 2.85. The second-order valence-corrected chi connectivity index (χ2v) is 7.27. The monoisotopic (exact) mass is 374 g/mol. The number of rotatable bonds is 3. The molecule has 0 radical (unpaired) electrons. The molecule has 0 spiro atoms. The lowest BCUT2D eigenvalue weighted by atomic mass is 9.98. The van der Waals surface area contributed by atoms with Crippen molar-refractivity contribution in [1.29, 1.82) is 0 Å². The van der Waals surface area contributed by atoms with E-state index in [2.05, 4.69) is 21.4 Å². The van der Waals surface area contributed by atoms with Gasteiger partial charge in [-0.25, -0.2) is 4.98 Å². The molecule has 0 saturated heterocycles. The Kier molecular flexibility index (Phi) is 6.14. The summed E-state index contributed by atoms with van der Waals surface area (Å²) in [6, 6.07) is 9.63. The number of amides is 1. The normalized spacial score (nSPS) is 16.8. The highest BCUT2D eigenvalue weighted by atomic mass is 16.1. The number of carbonyl (C=O) groups is 1. The molecule has 5 nitrogen and oxygen atoms in total. The molecule has 0 atom stereocenters. The molecule has 28 heavy (non-hydrogen) atoms. The summed E-state index contributed by atoms with van der Waals surface area (Å²) < 4.78 is 0. The van der Waals surface area contributed by atoms with Gasteiger partial charge in [0.05, 0.1) is 11.4 Å². The molecule has 0 unspecified atom stereocenters. The van der Waals surface area contributed by atoms with Crippen molar-refractivity contribution in [3.63, 3.8) is 0 Å². The maximum absolute atomic E-state index is 12.9. The van der Waals surface area contributed by atoms with Gasteiger partial charge >= 0.3 is 0 Å². The van der Waals surface area contributed by atoms with Crippen molar-refractivity contribution in [3.8, 4) is 0 Å². The van der Waals surface area contributed by atoms with Gasteiger partial charge in [0, 0.05) is 23.7 Å². The molecule has 1 aliphatic rings. The molecule has 0 aromatic carbocycles. The van der Waals surface area contributed by atoms with Crippen LogP contribution in [0.5, 0.6) is 0 Å². The van der Waals surface area contributed by atoms with Gasteiger partial charge in [-0.05, 0) is 76.3 Å².